The van der Waals surface area contributed by atoms with E-state index in [4.69, 9.17) is 0 Å². The zero-order chi connectivity index (χ0) is 17.9. The van der Waals surface area contributed by atoms with Crippen LogP contribution >= 0.6 is 0 Å². The third-order valence-electron chi connectivity index (χ3n) is 4.96. The molecule has 1 N–H and O–H groups in total. The van der Waals surface area contributed by atoms with E-state index in [0.717, 1.165) is 23.6 Å². The van der Waals surface area contributed by atoms with Gasteiger partial charge in [0.05, 0.1) is 5.56 Å². The van der Waals surface area contributed by atoms with Gasteiger partial charge in [0.15, 0.2) is 5.78 Å². The van der Waals surface area contributed by atoms with Crippen molar-refractivity contribution in [2.45, 2.75) is 77.6 Å². The number of hydrogen-bond donors (Lipinski definition) is 1. The molecule has 0 unspecified atom stereocenters. The predicted octanol–water partition coefficient (Wildman–Crippen LogP) is 7.04. The maximum Gasteiger partial charge on any atom is 0.166 e. The molecule has 0 saturated carbocycles. The number of carbonyl (C=O) groups is 1. The van der Waals surface area contributed by atoms with Gasteiger partial charge in [0, 0.05) is 11.8 Å². The third kappa shape index (κ3) is 6.19. The van der Waals surface area contributed by atoms with E-state index in [2.05, 4.69) is 6.92 Å². The summed E-state index contributed by atoms with van der Waals surface area (Å²) in [5.41, 5.74) is 0.467. The van der Waals surface area contributed by atoms with Crippen molar-refractivity contribution >= 4 is 16.6 Å². The Morgan fingerprint density at radius 1 is 0.800 bits per heavy atom. The maximum absolute atomic E-state index is 12.4. The Labute approximate surface area is 152 Å². The van der Waals surface area contributed by atoms with Gasteiger partial charge in [0.2, 0.25) is 0 Å². The highest BCUT2D eigenvalue weighted by Crippen LogP contribution is 2.29. The molecule has 0 radical (unpaired) electrons. The molecule has 0 amide bonds. The second-order valence-electron chi connectivity index (χ2n) is 7.04. The van der Waals surface area contributed by atoms with E-state index in [1.165, 1.54) is 51.4 Å². The minimum atomic E-state index is 0.0582. The Hall–Kier alpha value is -1.83. The van der Waals surface area contributed by atoms with Crippen LogP contribution in [0.1, 0.15) is 87.9 Å². The second kappa shape index (κ2) is 10.9. The minimum absolute atomic E-state index is 0.0582. The molecule has 136 valence electrons. The number of ketones is 1. The summed E-state index contributed by atoms with van der Waals surface area (Å²) >= 11 is 0. The molecular weight excluding hydrogens is 308 g/mol. The van der Waals surface area contributed by atoms with Gasteiger partial charge in [-0.25, -0.2) is 0 Å². The lowest BCUT2D eigenvalue weighted by molar-refractivity contribution is 0.0976. The van der Waals surface area contributed by atoms with Crippen molar-refractivity contribution in [3.05, 3.63) is 42.0 Å². The Morgan fingerprint density at radius 3 is 2.08 bits per heavy atom. The largest absolute Gasteiger partial charge is 0.507 e. The quantitative estimate of drug-likeness (QED) is 0.332. The van der Waals surface area contributed by atoms with Crippen LogP contribution < -0.4 is 0 Å². The van der Waals surface area contributed by atoms with Gasteiger partial charge in [-0.05, 0) is 17.9 Å². The van der Waals surface area contributed by atoms with E-state index >= 15 is 0 Å². The highest BCUT2D eigenvalue weighted by Gasteiger charge is 2.13. The monoisotopic (exact) mass is 340 g/mol. The second-order valence-corrected chi connectivity index (χ2v) is 7.04. The van der Waals surface area contributed by atoms with Gasteiger partial charge in [-0.1, -0.05) is 95.0 Å². The Morgan fingerprint density at radius 2 is 1.40 bits per heavy atom. The van der Waals surface area contributed by atoms with E-state index < -0.39 is 0 Å². The summed E-state index contributed by atoms with van der Waals surface area (Å²) in [4.78, 5) is 12.4. The number of unbranched alkanes of at least 4 members (excludes halogenated alkanes) is 9. The molecule has 0 bridgehead atoms. The van der Waals surface area contributed by atoms with Crippen LogP contribution in [0.2, 0.25) is 0 Å². The summed E-state index contributed by atoms with van der Waals surface area (Å²) in [6.45, 7) is 2.25. The first-order valence-electron chi connectivity index (χ1n) is 9.98. The van der Waals surface area contributed by atoms with Crippen molar-refractivity contribution < 1.29 is 9.90 Å². The van der Waals surface area contributed by atoms with Gasteiger partial charge >= 0.3 is 0 Å². The summed E-state index contributed by atoms with van der Waals surface area (Å²) in [5, 5.41) is 12.1. The van der Waals surface area contributed by atoms with Crippen molar-refractivity contribution in [3.63, 3.8) is 0 Å². The van der Waals surface area contributed by atoms with Crippen LogP contribution in [0.25, 0.3) is 10.8 Å². The fraction of sp³-hybridized carbons (Fsp3) is 0.522. The van der Waals surface area contributed by atoms with Crippen LogP contribution in [0.15, 0.2) is 36.4 Å². The van der Waals surface area contributed by atoms with Crippen LogP contribution in [-0.2, 0) is 0 Å². The third-order valence-corrected chi connectivity index (χ3v) is 4.96. The lowest BCUT2D eigenvalue weighted by atomic mass is 9.99. The van der Waals surface area contributed by atoms with Crippen molar-refractivity contribution in [2.75, 3.05) is 0 Å². The molecule has 0 aliphatic heterocycles. The molecule has 2 heteroatoms. The molecule has 2 aromatic rings. The Kier molecular flexibility index (Phi) is 8.51. The number of phenols is 1. The summed E-state index contributed by atoms with van der Waals surface area (Å²) in [5.74, 6) is 0.193. The number of phenolic OH excluding ortho intramolecular Hbond substituents is 1. The van der Waals surface area contributed by atoms with Gasteiger partial charge in [0.25, 0.3) is 0 Å². The maximum atomic E-state index is 12.4. The normalized spacial score (nSPS) is 11.1. The van der Waals surface area contributed by atoms with Crippen LogP contribution in [0, 0.1) is 0 Å². The van der Waals surface area contributed by atoms with Crippen molar-refractivity contribution in [3.8, 4) is 5.75 Å². The lowest BCUT2D eigenvalue weighted by Gasteiger charge is -2.07. The zero-order valence-electron chi connectivity index (χ0n) is 15.6. The van der Waals surface area contributed by atoms with E-state index in [1.807, 2.05) is 30.3 Å². The van der Waals surface area contributed by atoms with Crippen LogP contribution in [-0.4, -0.2) is 10.9 Å². The molecule has 0 spiro atoms. The van der Waals surface area contributed by atoms with Crippen molar-refractivity contribution in [1.82, 2.24) is 0 Å². The van der Waals surface area contributed by atoms with E-state index in [1.54, 1.807) is 6.07 Å². The SMILES string of the molecule is CCCCCCCCCCCCC(=O)c1ccc2ccccc2c1O. The number of rotatable bonds is 12. The molecule has 2 rings (SSSR count). The minimum Gasteiger partial charge on any atom is -0.507 e. The highest BCUT2D eigenvalue weighted by molar-refractivity contribution is 6.04. The molecule has 0 fully saturated rings. The number of fused-ring (bicyclic) bond motifs is 1. The first-order valence-corrected chi connectivity index (χ1v) is 9.98. The molecule has 2 aromatic carbocycles. The zero-order valence-corrected chi connectivity index (χ0v) is 15.6. The van der Waals surface area contributed by atoms with E-state index in [0.29, 0.717) is 12.0 Å². The summed E-state index contributed by atoms with van der Waals surface area (Å²) < 4.78 is 0. The van der Waals surface area contributed by atoms with E-state index in [9.17, 15) is 9.90 Å². The average molecular weight is 341 g/mol. The molecule has 0 atom stereocenters. The first kappa shape index (κ1) is 19.5. The fourth-order valence-electron chi connectivity index (χ4n) is 3.39. The van der Waals surface area contributed by atoms with Gasteiger partial charge in [-0.2, -0.15) is 0 Å². The number of Topliss-reactive ketones (excluding diaryl/α,β-unsaturated/α-hetero) is 1. The molecule has 25 heavy (non-hydrogen) atoms. The van der Waals surface area contributed by atoms with Gasteiger partial charge in [-0.15, -0.1) is 0 Å². The smallest absolute Gasteiger partial charge is 0.166 e. The van der Waals surface area contributed by atoms with Crippen LogP contribution in [0.4, 0.5) is 0 Å². The summed E-state index contributed by atoms with van der Waals surface area (Å²) in [6, 6.07) is 11.3. The number of aromatic hydroxyl groups is 1. The Balaban J connectivity index is 1.67. The first-order chi connectivity index (χ1) is 12.2. The van der Waals surface area contributed by atoms with Crippen molar-refractivity contribution in [1.29, 1.82) is 0 Å². The lowest BCUT2D eigenvalue weighted by Crippen LogP contribution is -1.99. The molecule has 0 saturated heterocycles. The molecule has 0 aliphatic rings. The van der Waals surface area contributed by atoms with Gasteiger partial charge < -0.3 is 5.11 Å². The molecule has 0 aliphatic carbocycles. The Bertz CT molecular complexity index is 660. The van der Waals surface area contributed by atoms with Crippen molar-refractivity contribution in [2.24, 2.45) is 0 Å². The number of carbonyl (C=O) groups excluding carboxylic acids is 1. The van der Waals surface area contributed by atoms with E-state index in [-0.39, 0.29) is 11.5 Å². The number of hydrogen-bond acceptors (Lipinski definition) is 2. The standard InChI is InChI=1S/C23H32O2/c1-2-3-4-5-6-7-8-9-10-11-16-22(24)21-18-17-19-14-12-13-15-20(19)23(21)25/h12-15,17-18,25H,2-11,16H2,1H3. The van der Waals surface area contributed by atoms with Gasteiger partial charge in [0.1, 0.15) is 5.75 Å². The molecular formula is C23H32O2. The fourth-order valence-corrected chi connectivity index (χ4v) is 3.39. The predicted molar refractivity (Wildman–Crippen MR) is 106 cm³/mol. The molecule has 2 nitrogen and oxygen atoms in total. The topological polar surface area (TPSA) is 37.3 Å². The summed E-state index contributed by atoms with van der Waals surface area (Å²) in [7, 11) is 0. The summed E-state index contributed by atoms with van der Waals surface area (Å²) in [6.07, 6.45) is 13.1. The molecule has 0 heterocycles. The van der Waals surface area contributed by atoms with Crippen LogP contribution in [0.3, 0.4) is 0 Å². The highest BCUT2D eigenvalue weighted by atomic mass is 16.3. The molecule has 0 aromatic heterocycles. The number of benzene rings is 2. The van der Waals surface area contributed by atoms with Crippen LogP contribution in [0.5, 0.6) is 5.75 Å². The average Bonchev–Trinajstić information content (AvgIpc) is 2.63. The van der Waals surface area contributed by atoms with Gasteiger partial charge in [-0.3, -0.25) is 4.79 Å².